The number of hydrogen-bond donors (Lipinski definition) is 2. The molecule has 4 nitrogen and oxygen atoms in total. The van der Waals surface area contributed by atoms with Gasteiger partial charge in [-0.2, -0.15) is 0 Å². The summed E-state index contributed by atoms with van der Waals surface area (Å²) in [5, 5.41) is 6.55. The molecule has 1 saturated heterocycles. The second kappa shape index (κ2) is 6.58. The fraction of sp³-hybridized carbons (Fsp3) is 0.588. The number of hydrogen-bond acceptors (Lipinski definition) is 3. The fourth-order valence-electron chi connectivity index (χ4n) is 3.53. The Kier molecular flexibility index (Phi) is 4.56. The Morgan fingerprint density at radius 1 is 1.29 bits per heavy atom. The molecule has 2 atom stereocenters. The van der Waals surface area contributed by atoms with Crippen molar-refractivity contribution in [3.8, 4) is 0 Å². The summed E-state index contributed by atoms with van der Waals surface area (Å²) in [5.74, 6) is 0.813. The zero-order chi connectivity index (χ0) is 14.7. The Morgan fingerprint density at radius 2 is 2.14 bits per heavy atom. The number of anilines is 1. The van der Waals surface area contributed by atoms with E-state index < -0.39 is 0 Å². The summed E-state index contributed by atoms with van der Waals surface area (Å²) in [5.41, 5.74) is 2.24. The van der Waals surface area contributed by atoms with Gasteiger partial charge in [0, 0.05) is 12.2 Å². The first-order valence-corrected chi connectivity index (χ1v) is 8.04. The van der Waals surface area contributed by atoms with Crippen molar-refractivity contribution in [1.82, 2.24) is 10.2 Å². The van der Waals surface area contributed by atoms with Gasteiger partial charge in [-0.15, -0.1) is 0 Å². The van der Waals surface area contributed by atoms with Crippen molar-refractivity contribution in [2.45, 2.75) is 31.7 Å². The monoisotopic (exact) mass is 287 g/mol. The average Bonchev–Trinajstić information content (AvgIpc) is 2.66. The van der Waals surface area contributed by atoms with Crippen LogP contribution in [0.4, 0.5) is 5.69 Å². The van der Waals surface area contributed by atoms with Crippen LogP contribution < -0.4 is 10.6 Å². The Balaban J connectivity index is 1.64. The highest BCUT2D eigenvalue weighted by atomic mass is 16.2. The number of piperidine rings is 1. The third kappa shape index (κ3) is 3.44. The molecule has 0 aromatic heterocycles. The van der Waals surface area contributed by atoms with Gasteiger partial charge in [-0.3, -0.25) is 9.69 Å². The van der Waals surface area contributed by atoms with Crippen molar-refractivity contribution < 1.29 is 4.79 Å². The minimum atomic E-state index is -0.0145. The maximum absolute atomic E-state index is 12.5. The van der Waals surface area contributed by atoms with Crippen molar-refractivity contribution in [2.75, 3.05) is 32.0 Å². The summed E-state index contributed by atoms with van der Waals surface area (Å²) in [6.45, 7) is 3.22. The first-order chi connectivity index (χ1) is 10.2. The molecule has 0 saturated carbocycles. The number of aryl methyl sites for hydroxylation is 1. The third-order valence-electron chi connectivity index (χ3n) is 4.74. The third-order valence-corrected chi connectivity index (χ3v) is 4.74. The maximum Gasteiger partial charge on any atom is 0.241 e. The number of benzene rings is 1. The van der Waals surface area contributed by atoms with Crippen LogP contribution in [0.5, 0.6) is 0 Å². The molecule has 0 spiro atoms. The molecule has 2 aliphatic heterocycles. The number of fused-ring (bicyclic) bond motifs is 1. The smallest absolute Gasteiger partial charge is 0.241 e. The van der Waals surface area contributed by atoms with Crippen LogP contribution in [0, 0.1) is 5.92 Å². The zero-order valence-corrected chi connectivity index (χ0v) is 12.8. The number of nitrogens with zero attached hydrogens (tertiary/aromatic N) is 1. The van der Waals surface area contributed by atoms with Gasteiger partial charge in [0.05, 0.1) is 6.04 Å². The summed E-state index contributed by atoms with van der Waals surface area (Å²) in [4.78, 5) is 14.7. The van der Waals surface area contributed by atoms with E-state index in [1.807, 2.05) is 18.2 Å². The molecule has 0 bridgehead atoms. The van der Waals surface area contributed by atoms with Gasteiger partial charge in [0.25, 0.3) is 0 Å². The number of para-hydroxylation sites is 1. The van der Waals surface area contributed by atoms with E-state index in [1.165, 1.54) is 18.4 Å². The number of nitrogens with one attached hydrogen (secondary N) is 2. The first-order valence-electron chi connectivity index (χ1n) is 8.04. The van der Waals surface area contributed by atoms with Crippen LogP contribution in [0.15, 0.2) is 24.3 Å². The molecule has 1 aromatic rings. The van der Waals surface area contributed by atoms with E-state index in [-0.39, 0.29) is 11.9 Å². The Morgan fingerprint density at radius 3 is 2.95 bits per heavy atom. The van der Waals surface area contributed by atoms with E-state index >= 15 is 0 Å². The minimum Gasteiger partial charge on any atom is -0.324 e. The minimum absolute atomic E-state index is 0.0145. The van der Waals surface area contributed by atoms with Crippen LogP contribution >= 0.6 is 0 Å². The quantitative estimate of drug-likeness (QED) is 0.892. The van der Waals surface area contributed by atoms with Crippen LogP contribution in [0.25, 0.3) is 0 Å². The van der Waals surface area contributed by atoms with Crippen molar-refractivity contribution in [3.05, 3.63) is 29.8 Å². The lowest BCUT2D eigenvalue weighted by atomic mass is 9.97. The predicted octanol–water partition coefficient (Wildman–Crippen LogP) is 1.87. The second-order valence-corrected chi connectivity index (χ2v) is 6.35. The van der Waals surface area contributed by atoms with Gasteiger partial charge in [0.15, 0.2) is 0 Å². The summed E-state index contributed by atoms with van der Waals surface area (Å²) in [6.07, 6.45) is 4.39. The molecule has 1 amide bonds. The molecule has 21 heavy (non-hydrogen) atoms. The summed E-state index contributed by atoms with van der Waals surface area (Å²) in [6, 6.07) is 8.13. The molecule has 2 heterocycles. The van der Waals surface area contributed by atoms with E-state index in [2.05, 4.69) is 28.6 Å². The van der Waals surface area contributed by atoms with E-state index in [9.17, 15) is 4.79 Å². The average molecular weight is 287 g/mol. The highest BCUT2D eigenvalue weighted by Gasteiger charge is 2.28. The Hall–Kier alpha value is -1.39. The molecule has 2 aliphatic rings. The van der Waals surface area contributed by atoms with Gasteiger partial charge >= 0.3 is 0 Å². The molecule has 3 rings (SSSR count). The first kappa shape index (κ1) is 14.5. The van der Waals surface area contributed by atoms with Gasteiger partial charge in [-0.05, 0) is 63.4 Å². The number of carbonyl (C=O) groups is 1. The molecule has 1 aromatic carbocycles. The van der Waals surface area contributed by atoms with Crippen molar-refractivity contribution >= 4 is 11.6 Å². The Labute approximate surface area is 126 Å². The summed E-state index contributed by atoms with van der Waals surface area (Å²) >= 11 is 0. The van der Waals surface area contributed by atoms with Crippen LogP contribution in [0.3, 0.4) is 0 Å². The summed E-state index contributed by atoms with van der Waals surface area (Å²) in [7, 11) is 2.09. The van der Waals surface area contributed by atoms with Crippen LogP contribution in [0.2, 0.25) is 0 Å². The molecule has 0 radical (unpaired) electrons. The van der Waals surface area contributed by atoms with Gasteiger partial charge in [-0.1, -0.05) is 18.2 Å². The topological polar surface area (TPSA) is 44.4 Å². The molecular formula is C17H25N3O. The second-order valence-electron chi connectivity index (χ2n) is 6.35. The number of carbonyl (C=O) groups excluding carboxylic acids is 1. The molecule has 2 N–H and O–H groups in total. The largest absolute Gasteiger partial charge is 0.324 e. The number of amides is 1. The number of rotatable bonds is 3. The lowest BCUT2D eigenvalue weighted by Gasteiger charge is -2.31. The normalized spacial score (nSPS) is 26.1. The molecule has 4 heteroatoms. The van der Waals surface area contributed by atoms with Crippen molar-refractivity contribution in [3.63, 3.8) is 0 Å². The molecule has 2 unspecified atom stereocenters. The van der Waals surface area contributed by atoms with Crippen LogP contribution in [-0.4, -0.2) is 43.5 Å². The lowest BCUT2D eigenvalue weighted by Crippen LogP contribution is -2.45. The van der Waals surface area contributed by atoms with Crippen molar-refractivity contribution in [1.29, 1.82) is 0 Å². The van der Waals surface area contributed by atoms with Crippen LogP contribution in [-0.2, 0) is 11.2 Å². The van der Waals surface area contributed by atoms with Gasteiger partial charge in [0.1, 0.15) is 0 Å². The van der Waals surface area contributed by atoms with Crippen LogP contribution in [0.1, 0.15) is 24.8 Å². The highest BCUT2D eigenvalue weighted by molar-refractivity contribution is 5.96. The predicted molar refractivity (Wildman–Crippen MR) is 85.4 cm³/mol. The summed E-state index contributed by atoms with van der Waals surface area (Å²) < 4.78 is 0. The standard InChI is InChI=1S/C17H25N3O/c1-20(12-13-5-4-10-18-11-13)16-9-8-14-6-2-3-7-15(14)19-17(16)21/h2-3,6-7,13,16,18H,4-5,8-12H2,1H3,(H,19,21). The zero-order valence-electron chi connectivity index (χ0n) is 12.8. The SMILES string of the molecule is CN(CC1CCCNC1)C1CCc2ccccc2NC1=O. The van der Waals surface area contributed by atoms with E-state index in [0.717, 1.165) is 38.2 Å². The molecular weight excluding hydrogens is 262 g/mol. The van der Waals surface area contributed by atoms with E-state index in [4.69, 9.17) is 0 Å². The number of likely N-dealkylation sites (N-methyl/N-ethyl adjacent to an activating group) is 1. The van der Waals surface area contributed by atoms with Gasteiger partial charge in [0.2, 0.25) is 5.91 Å². The molecule has 114 valence electrons. The highest BCUT2D eigenvalue weighted by Crippen LogP contribution is 2.24. The van der Waals surface area contributed by atoms with Gasteiger partial charge < -0.3 is 10.6 Å². The van der Waals surface area contributed by atoms with E-state index in [1.54, 1.807) is 0 Å². The van der Waals surface area contributed by atoms with Gasteiger partial charge in [-0.25, -0.2) is 0 Å². The molecule has 1 fully saturated rings. The Bertz CT molecular complexity index is 497. The van der Waals surface area contributed by atoms with E-state index in [0.29, 0.717) is 5.92 Å². The maximum atomic E-state index is 12.5. The lowest BCUT2D eigenvalue weighted by molar-refractivity contribution is -0.121. The van der Waals surface area contributed by atoms with Crippen molar-refractivity contribution in [2.24, 2.45) is 5.92 Å². The fourth-order valence-corrected chi connectivity index (χ4v) is 3.53. The molecule has 0 aliphatic carbocycles.